The lowest BCUT2D eigenvalue weighted by atomic mass is 9.67. The number of allylic oxidation sites excluding steroid dienone is 1. The lowest BCUT2D eigenvalue weighted by Crippen LogP contribution is -2.28. The number of benzene rings is 10. The second kappa shape index (κ2) is 16.4. The summed E-state index contributed by atoms with van der Waals surface area (Å²) in [6.45, 7) is 0. The molecular formula is C71H47N5. The fourth-order valence-corrected chi connectivity index (χ4v) is 13.8. The van der Waals surface area contributed by atoms with Crippen LogP contribution in [-0.4, -0.2) is 24.1 Å². The minimum Gasteiger partial charge on any atom is -0.278 e. The summed E-state index contributed by atoms with van der Waals surface area (Å²) >= 11 is 0. The molecule has 5 nitrogen and oxygen atoms in total. The second-order valence-electron chi connectivity index (χ2n) is 20.5. The molecule has 3 aliphatic rings. The van der Waals surface area contributed by atoms with Gasteiger partial charge < -0.3 is 0 Å². The molecule has 0 radical (unpaired) electrons. The molecule has 0 fully saturated rings. The maximum absolute atomic E-state index is 5.74. The summed E-state index contributed by atoms with van der Waals surface area (Å²) in [7, 11) is 0. The fraction of sp³-hybridized carbons (Fsp3) is 0.0563. The van der Waals surface area contributed by atoms with Crippen molar-refractivity contribution in [2.24, 2.45) is 0 Å². The van der Waals surface area contributed by atoms with E-state index in [0.29, 0.717) is 17.7 Å². The van der Waals surface area contributed by atoms with Gasteiger partial charge >= 0.3 is 0 Å². The highest BCUT2D eigenvalue weighted by Gasteiger charge is 2.48. The minimum absolute atomic E-state index is 0.558. The average Bonchev–Trinajstić information content (AvgIpc) is 4.38. The number of aryl methyl sites for hydroxylation is 1. The monoisotopic (exact) mass is 969 g/mol. The normalized spacial score (nSPS) is 14.4. The molecular weight excluding hydrogens is 923 g/mol. The molecule has 0 N–H and O–H groups in total. The molecule has 0 aliphatic heterocycles. The van der Waals surface area contributed by atoms with Gasteiger partial charge in [0.1, 0.15) is 0 Å². The second-order valence-corrected chi connectivity index (χ2v) is 20.5. The molecule has 0 unspecified atom stereocenters. The summed E-state index contributed by atoms with van der Waals surface area (Å²) in [5, 5.41) is 3.50. The Bertz CT molecular complexity index is 4420. The van der Waals surface area contributed by atoms with Crippen molar-refractivity contribution >= 4 is 38.8 Å². The van der Waals surface area contributed by atoms with Crippen molar-refractivity contribution in [2.45, 2.75) is 23.7 Å². The van der Waals surface area contributed by atoms with Gasteiger partial charge in [-0.3, -0.25) is 9.13 Å². The van der Waals surface area contributed by atoms with E-state index in [1.165, 1.54) is 77.7 Å². The molecule has 356 valence electrons. The van der Waals surface area contributed by atoms with E-state index in [-0.39, 0.29) is 0 Å². The Balaban J connectivity index is 1.01. The molecule has 13 aromatic rings. The van der Waals surface area contributed by atoms with E-state index >= 15 is 0 Å². The zero-order valence-corrected chi connectivity index (χ0v) is 41.5. The molecule has 0 saturated carbocycles. The molecule has 0 amide bonds. The third-order valence-corrected chi connectivity index (χ3v) is 16.8. The summed E-state index contributed by atoms with van der Waals surface area (Å²) in [5.74, 6) is 1.74. The minimum atomic E-state index is -0.590. The molecule has 0 saturated heterocycles. The van der Waals surface area contributed by atoms with Crippen LogP contribution in [0.15, 0.2) is 255 Å². The molecule has 10 aromatic carbocycles. The van der Waals surface area contributed by atoms with Gasteiger partial charge in [-0.05, 0) is 122 Å². The van der Waals surface area contributed by atoms with Gasteiger partial charge in [-0.2, -0.15) is 15.0 Å². The summed E-state index contributed by atoms with van der Waals surface area (Å²) in [5.41, 5.74) is 20.2. The highest BCUT2D eigenvalue weighted by Crippen LogP contribution is 2.59. The SMILES string of the molecule is C1=Cc2c(c3cc4c(cc3n2-c2nc(-c3ccccc3)nc(-n3c5ccccc5c5cc6c(cc53)C(c3ccccc3)(c3ccccc3)c3ccccc3-6)n2)C(c2ccccc2)(c2ccccc2)c2ccccc2-4)CC1. The van der Waals surface area contributed by atoms with Crippen LogP contribution in [0, 0.1) is 0 Å². The van der Waals surface area contributed by atoms with Crippen LogP contribution in [0.3, 0.4) is 0 Å². The predicted molar refractivity (Wildman–Crippen MR) is 308 cm³/mol. The Morgan fingerprint density at radius 1 is 0.342 bits per heavy atom. The largest absolute Gasteiger partial charge is 0.278 e. The summed E-state index contributed by atoms with van der Waals surface area (Å²) < 4.78 is 4.63. The Morgan fingerprint density at radius 2 is 0.789 bits per heavy atom. The maximum atomic E-state index is 5.74. The van der Waals surface area contributed by atoms with Gasteiger partial charge in [0, 0.05) is 21.7 Å². The predicted octanol–water partition coefficient (Wildman–Crippen LogP) is 16.3. The zero-order valence-electron chi connectivity index (χ0n) is 41.5. The molecule has 3 aromatic heterocycles. The number of hydrogen-bond donors (Lipinski definition) is 0. The molecule has 3 aliphatic carbocycles. The fourth-order valence-electron chi connectivity index (χ4n) is 13.8. The van der Waals surface area contributed by atoms with Crippen LogP contribution in [0.25, 0.3) is 84.3 Å². The van der Waals surface area contributed by atoms with Crippen molar-refractivity contribution in [1.82, 2.24) is 24.1 Å². The van der Waals surface area contributed by atoms with Crippen molar-refractivity contribution in [1.29, 1.82) is 0 Å². The van der Waals surface area contributed by atoms with Crippen molar-refractivity contribution in [2.75, 3.05) is 0 Å². The average molecular weight is 970 g/mol. The third-order valence-electron chi connectivity index (χ3n) is 16.8. The number of rotatable bonds is 7. The van der Waals surface area contributed by atoms with Crippen molar-refractivity contribution in [3.8, 4) is 45.5 Å². The third kappa shape index (κ3) is 5.82. The van der Waals surface area contributed by atoms with Gasteiger partial charge in [0.25, 0.3) is 0 Å². The lowest BCUT2D eigenvalue weighted by molar-refractivity contribution is 0.768. The molecule has 16 rings (SSSR count). The summed E-state index contributed by atoms with van der Waals surface area (Å²) in [6.07, 6.45) is 6.46. The van der Waals surface area contributed by atoms with Gasteiger partial charge in [-0.25, -0.2) is 0 Å². The molecule has 0 bridgehead atoms. The molecule has 5 heteroatoms. The van der Waals surface area contributed by atoms with Crippen LogP contribution in [-0.2, 0) is 17.3 Å². The van der Waals surface area contributed by atoms with Crippen LogP contribution in [0.5, 0.6) is 0 Å². The molecule has 0 atom stereocenters. The number of fused-ring (bicyclic) bond motifs is 12. The molecule has 76 heavy (non-hydrogen) atoms. The zero-order chi connectivity index (χ0) is 50.0. The summed E-state index contributed by atoms with van der Waals surface area (Å²) in [4.78, 5) is 16.8. The van der Waals surface area contributed by atoms with E-state index in [1.54, 1.807) is 0 Å². The van der Waals surface area contributed by atoms with Crippen LogP contribution in [0.1, 0.15) is 62.2 Å². The lowest BCUT2D eigenvalue weighted by Gasteiger charge is -2.34. The van der Waals surface area contributed by atoms with Crippen molar-refractivity contribution in [3.63, 3.8) is 0 Å². The van der Waals surface area contributed by atoms with E-state index in [2.05, 4.69) is 270 Å². The van der Waals surface area contributed by atoms with Crippen LogP contribution in [0.2, 0.25) is 0 Å². The first-order valence-corrected chi connectivity index (χ1v) is 26.4. The van der Waals surface area contributed by atoms with Crippen LogP contribution < -0.4 is 0 Å². The Labute approximate surface area is 440 Å². The van der Waals surface area contributed by atoms with Gasteiger partial charge in [-0.15, -0.1) is 0 Å². The highest BCUT2D eigenvalue weighted by atomic mass is 15.3. The quantitative estimate of drug-likeness (QED) is 0.160. The number of para-hydroxylation sites is 1. The van der Waals surface area contributed by atoms with Gasteiger partial charge in [-0.1, -0.05) is 224 Å². The first-order valence-electron chi connectivity index (χ1n) is 26.4. The van der Waals surface area contributed by atoms with Crippen molar-refractivity contribution < 1.29 is 0 Å². The van der Waals surface area contributed by atoms with E-state index in [4.69, 9.17) is 15.0 Å². The first kappa shape index (κ1) is 42.8. The standard InChI is InChI=1S/C71H47N5/c1-6-24-46(25-7-1)67-72-68(75-63-40-22-18-36-53(63)57-42-55-51-34-16-20-38-59(51)70(61(55)44-65(57)75,47-26-8-2-9-27-47)48-28-10-3-11-29-48)74-69(73-67)76-64-41-23-19-37-54(64)58-43-56-52-35-17-21-39-60(52)71(62(56)45-66(58)76,49-30-12-4-13-31-49)50-32-14-5-15-33-50/h1-18,20-36,38-45H,19,37H2. The van der Waals surface area contributed by atoms with Crippen molar-refractivity contribution in [3.05, 3.63) is 311 Å². The number of nitrogens with zero attached hydrogens (tertiary/aromatic N) is 5. The van der Waals surface area contributed by atoms with E-state index in [1.807, 2.05) is 0 Å². The topological polar surface area (TPSA) is 48.5 Å². The first-order chi connectivity index (χ1) is 37.7. The number of hydrogen-bond acceptors (Lipinski definition) is 3. The van der Waals surface area contributed by atoms with E-state index in [0.717, 1.165) is 51.4 Å². The Kier molecular flexibility index (Phi) is 9.23. The van der Waals surface area contributed by atoms with Crippen LogP contribution >= 0.6 is 0 Å². The highest BCUT2D eigenvalue weighted by molar-refractivity contribution is 6.12. The molecule has 3 heterocycles. The van der Waals surface area contributed by atoms with Gasteiger partial charge in [0.15, 0.2) is 5.82 Å². The summed E-state index contributed by atoms with van der Waals surface area (Å²) in [6, 6.07) is 91.1. The molecule has 0 spiro atoms. The Hall–Kier alpha value is -9.71. The van der Waals surface area contributed by atoms with E-state index < -0.39 is 10.8 Å². The smallest absolute Gasteiger partial charge is 0.240 e. The van der Waals surface area contributed by atoms with Gasteiger partial charge in [0.05, 0.1) is 33.1 Å². The van der Waals surface area contributed by atoms with E-state index in [9.17, 15) is 0 Å². The Morgan fingerprint density at radius 3 is 1.34 bits per heavy atom. The maximum Gasteiger partial charge on any atom is 0.240 e. The number of aromatic nitrogens is 5. The van der Waals surface area contributed by atoms with Gasteiger partial charge in [0.2, 0.25) is 11.9 Å². The van der Waals surface area contributed by atoms with Crippen LogP contribution in [0.4, 0.5) is 0 Å².